The molecule has 2 N–H and O–H groups in total. The molecule has 1 aromatic heterocycles. The van der Waals surface area contributed by atoms with Gasteiger partial charge in [0.15, 0.2) is 6.23 Å². The Hall–Kier alpha value is -2.76. The highest BCUT2D eigenvalue weighted by Crippen LogP contribution is 2.40. The van der Waals surface area contributed by atoms with Gasteiger partial charge in [0.2, 0.25) is 0 Å². The number of aromatic nitrogens is 2. The maximum atomic E-state index is 10.9. The third-order valence-corrected chi connectivity index (χ3v) is 6.46. The third kappa shape index (κ3) is 3.62. The first-order chi connectivity index (χ1) is 15.0. The number of phenols is 2. The van der Waals surface area contributed by atoms with Gasteiger partial charge in [0.05, 0.1) is 11.2 Å². The van der Waals surface area contributed by atoms with Gasteiger partial charge < -0.3 is 14.9 Å². The summed E-state index contributed by atoms with van der Waals surface area (Å²) in [7, 11) is 0. The predicted molar refractivity (Wildman–Crippen MR) is 123 cm³/mol. The minimum Gasteiger partial charge on any atom is -0.507 e. The fourth-order valence-corrected chi connectivity index (χ4v) is 4.77. The van der Waals surface area contributed by atoms with Crippen molar-refractivity contribution in [2.75, 3.05) is 6.61 Å². The molecule has 0 saturated carbocycles. The molecule has 1 aliphatic heterocycles. The second-order valence-electron chi connectivity index (χ2n) is 8.36. The molecule has 1 aliphatic rings. The summed E-state index contributed by atoms with van der Waals surface area (Å²) in [6.45, 7) is 2.78. The van der Waals surface area contributed by atoms with Gasteiger partial charge in [-0.3, -0.25) is 0 Å². The molecule has 0 spiro atoms. The molecule has 0 amide bonds. The molecule has 0 bridgehead atoms. The quantitative estimate of drug-likeness (QED) is 0.368. The average molecular weight is 437 g/mol. The molecular formula is C25H25ClN2O3. The van der Waals surface area contributed by atoms with Crippen molar-refractivity contribution in [1.29, 1.82) is 0 Å². The van der Waals surface area contributed by atoms with Crippen LogP contribution in [0.2, 0.25) is 5.02 Å². The number of fused-ring (bicyclic) bond motifs is 2. The number of hydrogen-bond donors (Lipinski definition) is 2. The molecule has 2 atom stereocenters. The summed E-state index contributed by atoms with van der Waals surface area (Å²) in [6, 6.07) is 14.8. The molecule has 4 aromatic rings. The number of aromatic hydroxyl groups is 2. The standard InChI is InChI=1S/C25H25ClN2O3/c1-15(19-14-23(29)17-6-2-3-7-18(17)25(19)30)12-21-20-13-16(26)9-10-22(20)28(27-21)24-8-4-5-11-31-24/h2-3,6-7,9-10,13-15,24,29-30H,4-5,8,11-12H2,1H3. The van der Waals surface area contributed by atoms with Crippen molar-refractivity contribution in [3.8, 4) is 11.5 Å². The molecule has 2 heterocycles. The maximum Gasteiger partial charge on any atom is 0.150 e. The summed E-state index contributed by atoms with van der Waals surface area (Å²) in [4.78, 5) is 0. The lowest BCUT2D eigenvalue weighted by Gasteiger charge is -2.23. The van der Waals surface area contributed by atoms with Crippen LogP contribution in [0, 0.1) is 0 Å². The van der Waals surface area contributed by atoms with Crippen LogP contribution >= 0.6 is 11.6 Å². The van der Waals surface area contributed by atoms with E-state index < -0.39 is 0 Å². The van der Waals surface area contributed by atoms with Crippen LogP contribution in [0.5, 0.6) is 11.5 Å². The van der Waals surface area contributed by atoms with Gasteiger partial charge in [-0.2, -0.15) is 5.10 Å². The van der Waals surface area contributed by atoms with Crippen molar-refractivity contribution in [2.24, 2.45) is 0 Å². The number of ether oxygens (including phenoxy) is 1. The zero-order valence-corrected chi connectivity index (χ0v) is 18.1. The summed E-state index contributed by atoms with van der Waals surface area (Å²) in [5, 5.41) is 29.3. The van der Waals surface area contributed by atoms with Crippen LogP contribution in [0.1, 0.15) is 49.6 Å². The molecule has 6 heteroatoms. The second kappa shape index (κ2) is 8.06. The van der Waals surface area contributed by atoms with Gasteiger partial charge in [-0.05, 0) is 55.9 Å². The molecule has 0 aliphatic carbocycles. The van der Waals surface area contributed by atoms with E-state index in [0.29, 0.717) is 27.8 Å². The van der Waals surface area contributed by atoms with E-state index in [-0.39, 0.29) is 23.6 Å². The number of benzene rings is 3. The number of halogens is 1. The normalized spacial score (nSPS) is 17.9. The Balaban J connectivity index is 1.55. The first kappa shape index (κ1) is 20.2. The van der Waals surface area contributed by atoms with E-state index in [1.807, 2.05) is 48.0 Å². The number of rotatable bonds is 4. The van der Waals surface area contributed by atoms with Crippen molar-refractivity contribution in [3.05, 3.63) is 64.8 Å². The van der Waals surface area contributed by atoms with Crippen LogP contribution in [0.3, 0.4) is 0 Å². The van der Waals surface area contributed by atoms with Crippen LogP contribution in [-0.2, 0) is 11.2 Å². The zero-order valence-electron chi connectivity index (χ0n) is 17.4. The van der Waals surface area contributed by atoms with Crippen LogP contribution in [-0.4, -0.2) is 26.6 Å². The van der Waals surface area contributed by atoms with Crippen LogP contribution in [0.25, 0.3) is 21.7 Å². The van der Waals surface area contributed by atoms with Gasteiger partial charge in [0.25, 0.3) is 0 Å². The average Bonchev–Trinajstić information content (AvgIpc) is 3.14. The van der Waals surface area contributed by atoms with Gasteiger partial charge in [-0.15, -0.1) is 0 Å². The summed E-state index contributed by atoms with van der Waals surface area (Å²) < 4.78 is 7.96. The van der Waals surface area contributed by atoms with Crippen molar-refractivity contribution in [3.63, 3.8) is 0 Å². The Morgan fingerprint density at radius 1 is 1.10 bits per heavy atom. The number of hydrogen-bond acceptors (Lipinski definition) is 4. The second-order valence-corrected chi connectivity index (χ2v) is 8.79. The van der Waals surface area contributed by atoms with E-state index in [2.05, 4.69) is 0 Å². The Kier molecular flexibility index (Phi) is 5.24. The molecule has 31 heavy (non-hydrogen) atoms. The van der Waals surface area contributed by atoms with Crippen LogP contribution in [0.15, 0.2) is 48.5 Å². The van der Waals surface area contributed by atoms with Crippen molar-refractivity contribution >= 4 is 33.3 Å². The third-order valence-electron chi connectivity index (χ3n) is 6.23. The fraction of sp³-hybridized carbons (Fsp3) is 0.320. The molecule has 1 fully saturated rings. The number of nitrogens with zero attached hydrogens (tertiary/aromatic N) is 2. The van der Waals surface area contributed by atoms with Gasteiger partial charge in [-0.25, -0.2) is 4.68 Å². The smallest absolute Gasteiger partial charge is 0.150 e. The molecule has 2 unspecified atom stereocenters. The Bertz CT molecular complexity index is 1260. The summed E-state index contributed by atoms with van der Waals surface area (Å²) >= 11 is 6.31. The highest BCUT2D eigenvalue weighted by atomic mass is 35.5. The van der Waals surface area contributed by atoms with E-state index in [9.17, 15) is 10.2 Å². The minimum absolute atomic E-state index is 0.0617. The summed E-state index contributed by atoms with van der Waals surface area (Å²) in [6.07, 6.45) is 3.67. The van der Waals surface area contributed by atoms with Crippen LogP contribution < -0.4 is 0 Å². The Labute approximate surface area is 185 Å². The lowest BCUT2D eigenvalue weighted by Crippen LogP contribution is -2.19. The largest absolute Gasteiger partial charge is 0.507 e. The molecular weight excluding hydrogens is 412 g/mol. The summed E-state index contributed by atoms with van der Waals surface area (Å²) in [5.74, 6) is 0.316. The zero-order chi connectivity index (χ0) is 21.5. The lowest BCUT2D eigenvalue weighted by atomic mass is 9.91. The van der Waals surface area contributed by atoms with Crippen molar-refractivity contribution in [2.45, 2.75) is 44.8 Å². The van der Waals surface area contributed by atoms with E-state index in [4.69, 9.17) is 21.4 Å². The van der Waals surface area contributed by atoms with Gasteiger partial charge >= 0.3 is 0 Å². The fourth-order valence-electron chi connectivity index (χ4n) is 4.60. The Morgan fingerprint density at radius 3 is 2.68 bits per heavy atom. The molecule has 5 nitrogen and oxygen atoms in total. The topological polar surface area (TPSA) is 67.5 Å². The summed E-state index contributed by atoms with van der Waals surface area (Å²) in [5.41, 5.74) is 2.62. The highest BCUT2D eigenvalue weighted by molar-refractivity contribution is 6.31. The van der Waals surface area contributed by atoms with Gasteiger partial charge in [0.1, 0.15) is 11.5 Å². The molecule has 0 radical (unpaired) electrons. The molecule has 3 aromatic carbocycles. The first-order valence-corrected chi connectivity index (χ1v) is 11.1. The minimum atomic E-state index is -0.0698. The predicted octanol–water partition coefficient (Wildman–Crippen LogP) is 6.30. The SMILES string of the molecule is CC(Cc1nn(C2CCCCO2)c2ccc(Cl)cc12)c1cc(O)c2ccccc2c1O. The molecule has 160 valence electrons. The molecule has 5 rings (SSSR count). The van der Waals surface area contributed by atoms with E-state index >= 15 is 0 Å². The molecule has 1 saturated heterocycles. The monoisotopic (exact) mass is 436 g/mol. The number of phenolic OH excluding ortho intramolecular Hbond substituents is 2. The maximum absolute atomic E-state index is 10.9. The van der Waals surface area contributed by atoms with E-state index in [1.165, 1.54) is 0 Å². The van der Waals surface area contributed by atoms with E-state index in [0.717, 1.165) is 42.5 Å². The highest BCUT2D eigenvalue weighted by Gasteiger charge is 2.23. The Morgan fingerprint density at radius 2 is 1.90 bits per heavy atom. The van der Waals surface area contributed by atoms with E-state index in [1.54, 1.807) is 12.1 Å². The van der Waals surface area contributed by atoms with Crippen molar-refractivity contribution in [1.82, 2.24) is 9.78 Å². The van der Waals surface area contributed by atoms with Gasteiger partial charge in [-0.1, -0.05) is 42.8 Å². The van der Waals surface area contributed by atoms with Crippen molar-refractivity contribution < 1.29 is 14.9 Å². The lowest BCUT2D eigenvalue weighted by molar-refractivity contribution is -0.0369. The first-order valence-electron chi connectivity index (χ1n) is 10.7. The van der Waals surface area contributed by atoms with Gasteiger partial charge in [0, 0.05) is 33.4 Å². The van der Waals surface area contributed by atoms with Crippen LogP contribution in [0.4, 0.5) is 0 Å².